The molecule has 132 valence electrons. The molecule has 1 aliphatic rings. The number of amides is 1. The minimum Gasteiger partial charge on any atom is -0.354 e. The first kappa shape index (κ1) is 17.6. The van der Waals surface area contributed by atoms with Gasteiger partial charge in [0.1, 0.15) is 0 Å². The summed E-state index contributed by atoms with van der Waals surface area (Å²) in [6.07, 6.45) is 2.46. The van der Waals surface area contributed by atoms with Crippen LogP contribution in [0.15, 0.2) is 60.7 Å². The lowest BCUT2D eigenvalue weighted by molar-refractivity contribution is -0.122. The molecule has 0 bridgehead atoms. The van der Waals surface area contributed by atoms with Crippen LogP contribution in [0.5, 0.6) is 0 Å². The monoisotopic (exact) mass is 337 g/mol. The Morgan fingerprint density at radius 1 is 0.960 bits per heavy atom. The Kier molecular flexibility index (Phi) is 6.20. The highest BCUT2D eigenvalue weighted by Crippen LogP contribution is 2.24. The predicted octanol–water partition coefficient (Wildman–Crippen LogP) is 2.68. The molecule has 25 heavy (non-hydrogen) atoms. The van der Waals surface area contributed by atoms with E-state index in [4.69, 9.17) is 5.73 Å². The number of hydrogen-bond acceptors (Lipinski definition) is 3. The summed E-state index contributed by atoms with van der Waals surface area (Å²) < 4.78 is 0. The Bertz CT molecular complexity index is 653. The van der Waals surface area contributed by atoms with Crippen molar-refractivity contribution in [1.82, 2.24) is 10.2 Å². The lowest BCUT2D eigenvalue weighted by atomic mass is 9.98. The summed E-state index contributed by atoms with van der Waals surface area (Å²) in [6.45, 7) is 3.12. The smallest absolute Gasteiger partial charge is 0.228 e. The highest BCUT2D eigenvalue weighted by Gasteiger charge is 2.25. The van der Waals surface area contributed by atoms with Crippen LogP contribution in [-0.2, 0) is 4.79 Å². The second-order valence-corrected chi connectivity index (χ2v) is 6.61. The number of hydrogen-bond donors (Lipinski definition) is 2. The minimum atomic E-state index is -0.295. The topological polar surface area (TPSA) is 58.4 Å². The normalized spacial score (nSPS) is 17.2. The van der Waals surface area contributed by atoms with Crippen LogP contribution in [0.25, 0.3) is 0 Å². The Morgan fingerprint density at radius 3 is 2.08 bits per heavy atom. The van der Waals surface area contributed by atoms with Gasteiger partial charge in [-0.15, -0.1) is 0 Å². The van der Waals surface area contributed by atoms with Crippen molar-refractivity contribution in [3.8, 4) is 0 Å². The van der Waals surface area contributed by atoms with Gasteiger partial charge in [0.25, 0.3) is 0 Å². The summed E-state index contributed by atoms with van der Waals surface area (Å²) in [5.41, 5.74) is 8.10. The molecular weight excluding hydrogens is 310 g/mol. The number of nitrogens with one attached hydrogen (secondary N) is 1. The molecular formula is C21H27N3O. The van der Waals surface area contributed by atoms with E-state index in [-0.39, 0.29) is 17.9 Å². The van der Waals surface area contributed by atoms with Crippen LogP contribution in [0.1, 0.15) is 35.9 Å². The van der Waals surface area contributed by atoms with Crippen molar-refractivity contribution >= 4 is 5.91 Å². The van der Waals surface area contributed by atoms with Crippen LogP contribution in [0.2, 0.25) is 0 Å². The fourth-order valence-electron chi connectivity index (χ4n) is 3.59. The molecule has 1 heterocycles. The SMILES string of the molecule is NCC(C(=O)NCC(c1ccccc1)N1CCCC1)c1ccccc1. The number of nitrogens with two attached hydrogens (primary N) is 1. The lowest BCUT2D eigenvalue weighted by Gasteiger charge is -2.29. The van der Waals surface area contributed by atoms with Crippen molar-refractivity contribution in [2.75, 3.05) is 26.2 Å². The van der Waals surface area contributed by atoms with Gasteiger partial charge < -0.3 is 11.1 Å². The van der Waals surface area contributed by atoms with Crippen molar-refractivity contribution in [3.05, 3.63) is 71.8 Å². The van der Waals surface area contributed by atoms with Gasteiger partial charge in [-0.05, 0) is 37.1 Å². The zero-order chi connectivity index (χ0) is 17.5. The maximum Gasteiger partial charge on any atom is 0.228 e. The molecule has 3 rings (SSSR count). The lowest BCUT2D eigenvalue weighted by Crippen LogP contribution is -2.40. The molecule has 0 radical (unpaired) electrons. The van der Waals surface area contributed by atoms with Crippen LogP contribution in [0.4, 0.5) is 0 Å². The van der Waals surface area contributed by atoms with Gasteiger partial charge in [-0.3, -0.25) is 9.69 Å². The van der Waals surface area contributed by atoms with Gasteiger partial charge in [0.2, 0.25) is 5.91 Å². The van der Waals surface area contributed by atoms with E-state index in [1.165, 1.54) is 18.4 Å². The third-order valence-electron chi connectivity index (χ3n) is 4.99. The highest BCUT2D eigenvalue weighted by atomic mass is 16.1. The van der Waals surface area contributed by atoms with Gasteiger partial charge >= 0.3 is 0 Å². The molecule has 0 spiro atoms. The van der Waals surface area contributed by atoms with Crippen molar-refractivity contribution < 1.29 is 4.79 Å². The number of likely N-dealkylation sites (tertiary alicyclic amines) is 1. The largest absolute Gasteiger partial charge is 0.354 e. The molecule has 1 aliphatic heterocycles. The number of rotatable bonds is 7. The zero-order valence-electron chi connectivity index (χ0n) is 14.6. The molecule has 1 amide bonds. The van der Waals surface area contributed by atoms with E-state index in [1.807, 2.05) is 36.4 Å². The molecule has 3 N–H and O–H groups in total. The first-order valence-electron chi connectivity index (χ1n) is 9.11. The van der Waals surface area contributed by atoms with Crippen LogP contribution in [-0.4, -0.2) is 37.0 Å². The molecule has 0 saturated carbocycles. The highest BCUT2D eigenvalue weighted by molar-refractivity contribution is 5.83. The quantitative estimate of drug-likeness (QED) is 0.817. The summed E-state index contributed by atoms with van der Waals surface area (Å²) in [4.78, 5) is 15.2. The van der Waals surface area contributed by atoms with Gasteiger partial charge in [-0.25, -0.2) is 0 Å². The van der Waals surface area contributed by atoms with Crippen molar-refractivity contribution in [2.24, 2.45) is 5.73 Å². The maximum atomic E-state index is 12.7. The van der Waals surface area contributed by atoms with Crippen LogP contribution < -0.4 is 11.1 Å². The van der Waals surface area contributed by atoms with Crippen molar-refractivity contribution in [2.45, 2.75) is 24.8 Å². The van der Waals surface area contributed by atoms with Gasteiger partial charge in [-0.2, -0.15) is 0 Å². The predicted molar refractivity (Wildman–Crippen MR) is 101 cm³/mol. The van der Waals surface area contributed by atoms with E-state index in [9.17, 15) is 4.79 Å². The zero-order valence-corrected chi connectivity index (χ0v) is 14.6. The van der Waals surface area contributed by atoms with Gasteiger partial charge in [0.05, 0.1) is 12.0 Å². The van der Waals surface area contributed by atoms with E-state index in [0.717, 1.165) is 18.7 Å². The Labute approximate surface area is 150 Å². The second-order valence-electron chi connectivity index (χ2n) is 6.61. The summed E-state index contributed by atoms with van der Waals surface area (Å²) in [5, 5.41) is 3.15. The molecule has 2 aromatic carbocycles. The third-order valence-corrected chi connectivity index (χ3v) is 4.99. The molecule has 1 saturated heterocycles. The van der Waals surface area contributed by atoms with Crippen molar-refractivity contribution in [1.29, 1.82) is 0 Å². The molecule has 2 aromatic rings. The van der Waals surface area contributed by atoms with Gasteiger partial charge in [-0.1, -0.05) is 60.7 Å². The molecule has 0 aliphatic carbocycles. The van der Waals surface area contributed by atoms with Crippen molar-refractivity contribution in [3.63, 3.8) is 0 Å². The Hall–Kier alpha value is -2.17. The van der Waals surface area contributed by atoms with Crippen LogP contribution >= 0.6 is 0 Å². The average molecular weight is 337 g/mol. The first-order chi connectivity index (χ1) is 12.3. The van der Waals surface area contributed by atoms with Crippen LogP contribution in [0.3, 0.4) is 0 Å². The number of benzene rings is 2. The molecule has 4 heteroatoms. The second kappa shape index (κ2) is 8.79. The van der Waals surface area contributed by atoms with E-state index in [1.54, 1.807) is 0 Å². The Morgan fingerprint density at radius 2 is 1.52 bits per heavy atom. The molecule has 2 unspecified atom stereocenters. The fraction of sp³-hybridized carbons (Fsp3) is 0.381. The molecule has 4 nitrogen and oxygen atoms in total. The van der Waals surface area contributed by atoms with Gasteiger partial charge in [0, 0.05) is 13.1 Å². The standard InChI is InChI=1S/C21H27N3O/c22-15-19(17-9-3-1-4-10-17)21(25)23-16-20(24-13-7-8-14-24)18-11-5-2-6-12-18/h1-6,9-12,19-20H,7-8,13-16,22H2,(H,23,25). The summed E-state index contributed by atoms with van der Waals surface area (Å²) in [5.74, 6) is -0.287. The van der Waals surface area contributed by atoms with E-state index < -0.39 is 0 Å². The Balaban J connectivity index is 1.69. The molecule has 2 atom stereocenters. The van der Waals surface area contributed by atoms with E-state index in [0.29, 0.717) is 13.1 Å². The average Bonchev–Trinajstić information content (AvgIpc) is 3.19. The van der Waals surface area contributed by atoms with E-state index in [2.05, 4.69) is 34.5 Å². The summed E-state index contributed by atoms with van der Waals surface area (Å²) in [7, 11) is 0. The fourth-order valence-corrected chi connectivity index (χ4v) is 3.59. The molecule has 0 aromatic heterocycles. The summed E-state index contributed by atoms with van der Waals surface area (Å²) >= 11 is 0. The van der Waals surface area contributed by atoms with E-state index >= 15 is 0 Å². The number of carbonyl (C=O) groups excluding carboxylic acids is 1. The minimum absolute atomic E-state index is 0.00817. The third kappa shape index (κ3) is 4.47. The first-order valence-corrected chi connectivity index (χ1v) is 9.11. The molecule has 1 fully saturated rings. The maximum absolute atomic E-state index is 12.7. The van der Waals surface area contributed by atoms with Gasteiger partial charge in [0.15, 0.2) is 0 Å². The number of carbonyl (C=O) groups is 1. The summed E-state index contributed by atoms with van der Waals surface area (Å²) in [6, 6.07) is 20.4. The van der Waals surface area contributed by atoms with Crippen LogP contribution in [0, 0.1) is 0 Å². The number of nitrogens with zero attached hydrogens (tertiary/aromatic N) is 1.